The second kappa shape index (κ2) is 7.87. The average Bonchev–Trinajstić information content (AvgIpc) is 2.54. The molecule has 0 unspecified atom stereocenters. The standard InChI is InChI=1S/C18H25NO3/c1-13-6-4-5-7-17(13)19-18(20)9-8-14-10-15(21-2)12-16(11-14)22-3/h8-13,17H,4-7H2,1-3H3,(H,19,20)/b9-8+/t13-,17+/m1/s1. The summed E-state index contributed by atoms with van der Waals surface area (Å²) in [4.78, 5) is 12.1. The number of carbonyl (C=O) groups excluding carboxylic acids is 1. The highest BCUT2D eigenvalue weighted by Gasteiger charge is 2.21. The third kappa shape index (κ3) is 4.52. The summed E-state index contributed by atoms with van der Waals surface area (Å²) >= 11 is 0. The zero-order valence-corrected chi connectivity index (χ0v) is 13.6. The molecule has 120 valence electrons. The van der Waals surface area contributed by atoms with Crippen LogP contribution in [0.15, 0.2) is 24.3 Å². The number of hydrogen-bond donors (Lipinski definition) is 1. The molecule has 0 heterocycles. The molecule has 1 aliphatic carbocycles. The third-order valence-electron chi connectivity index (χ3n) is 4.24. The van der Waals surface area contributed by atoms with E-state index in [2.05, 4.69) is 12.2 Å². The number of nitrogens with one attached hydrogen (secondary N) is 1. The van der Waals surface area contributed by atoms with Gasteiger partial charge in [-0.1, -0.05) is 19.8 Å². The van der Waals surface area contributed by atoms with Crippen LogP contribution in [0.4, 0.5) is 0 Å². The molecule has 0 radical (unpaired) electrons. The summed E-state index contributed by atoms with van der Waals surface area (Å²) < 4.78 is 10.5. The molecule has 1 N–H and O–H groups in total. The molecule has 1 fully saturated rings. The van der Waals surface area contributed by atoms with Crippen molar-refractivity contribution in [1.29, 1.82) is 0 Å². The van der Waals surface area contributed by atoms with Crippen molar-refractivity contribution in [3.63, 3.8) is 0 Å². The highest BCUT2D eigenvalue weighted by molar-refractivity contribution is 5.92. The highest BCUT2D eigenvalue weighted by Crippen LogP contribution is 2.24. The summed E-state index contributed by atoms with van der Waals surface area (Å²) in [6, 6.07) is 5.84. The molecule has 1 aromatic carbocycles. The molecule has 1 aromatic rings. The van der Waals surface area contributed by atoms with E-state index < -0.39 is 0 Å². The Morgan fingerprint density at radius 2 is 1.77 bits per heavy atom. The van der Waals surface area contributed by atoms with Crippen molar-refractivity contribution < 1.29 is 14.3 Å². The second-order valence-electron chi connectivity index (χ2n) is 5.86. The first-order chi connectivity index (χ1) is 10.6. The lowest BCUT2D eigenvalue weighted by Crippen LogP contribution is -2.40. The van der Waals surface area contributed by atoms with Gasteiger partial charge < -0.3 is 14.8 Å². The molecule has 0 aromatic heterocycles. The average molecular weight is 303 g/mol. The molecular weight excluding hydrogens is 278 g/mol. The van der Waals surface area contributed by atoms with E-state index in [0.717, 1.165) is 12.0 Å². The van der Waals surface area contributed by atoms with Crippen LogP contribution in [0, 0.1) is 5.92 Å². The van der Waals surface area contributed by atoms with Crippen LogP contribution in [0.2, 0.25) is 0 Å². The van der Waals surface area contributed by atoms with Crippen LogP contribution >= 0.6 is 0 Å². The molecule has 4 heteroatoms. The lowest BCUT2D eigenvalue weighted by Gasteiger charge is -2.29. The van der Waals surface area contributed by atoms with Gasteiger partial charge in [-0.3, -0.25) is 4.79 Å². The minimum atomic E-state index is -0.0412. The van der Waals surface area contributed by atoms with Crippen LogP contribution in [0.5, 0.6) is 11.5 Å². The molecule has 2 atom stereocenters. The van der Waals surface area contributed by atoms with Gasteiger partial charge in [0, 0.05) is 18.2 Å². The number of carbonyl (C=O) groups is 1. The summed E-state index contributed by atoms with van der Waals surface area (Å²) in [5.41, 5.74) is 0.878. The lowest BCUT2D eigenvalue weighted by molar-refractivity contribution is -0.117. The lowest BCUT2D eigenvalue weighted by atomic mass is 9.86. The SMILES string of the molecule is COc1cc(/C=C/C(=O)N[C@H]2CCCC[C@H]2C)cc(OC)c1. The Morgan fingerprint density at radius 3 is 2.36 bits per heavy atom. The summed E-state index contributed by atoms with van der Waals surface area (Å²) in [5.74, 6) is 1.93. The molecule has 2 rings (SSSR count). The van der Waals surface area contributed by atoms with E-state index in [0.29, 0.717) is 23.5 Å². The van der Waals surface area contributed by atoms with E-state index in [4.69, 9.17) is 9.47 Å². The van der Waals surface area contributed by atoms with Gasteiger partial charge in [0.05, 0.1) is 14.2 Å². The monoisotopic (exact) mass is 303 g/mol. The number of ether oxygens (including phenoxy) is 2. The predicted octanol–water partition coefficient (Wildman–Crippen LogP) is 3.41. The summed E-state index contributed by atoms with van der Waals surface area (Å²) in [6.45, 7) is 2.21. The summed E-state index contributed by atoms with van der Waals surface area (Å²) in [6.07, 6.45) is 8.11. The van der Waals surface area contributed by atoms with Crippen molar-refractivity contribution in [3.8, 4) is 11.5 Å². The van der Waals surface area contributed by atoms with Gasteiger partial charge in [-0.2, -0.15) is 0 Å². The maximum atomic E-state index is 12.1. The summed E-state index contributed by atoms with van der Waals surface area (Å²) in [7, 11) is 3.22. The van der Waals surface area contributed by atoms with Crippen LogP contribution in [0.3, 0.4) is 0 Å². The molecule has 0 bridgehead atoms. The largest absolute Gasteiger partial charge is 0.497 e. The van der Waals surface area contributed by atoms with Crippen molar-refractivity contribution in [2.24, 2.45) is 5.92 Å². The zero-order valence-electron chi connectivity index (χ0n) is 13.6. The molecule has 1 saturated carbocycles. The van der Waals surface area contributed by atoms with E-state index in [9.17, 15) is 4.79 Å². The van der Waals surface area contributed by atoms with Gasteiger partial charge in [0.1, 0.15) is 11.5 Å². The second-order valence-corrected chi connectivity index (χ2v) is 5.86. The van der Waals surface area contributed by atoms with Crippen LogP contribution in [0.25, 0.3) is 6.08 Å². The van der Waals surface area contributed by atoms with Crippen molar-refractivity contribution >= 4 is 12.0 Å². The van der Waals surface area contributed by atoms with Gasteiger partial charge in [-0.15, -0.1) is 0 Å². The van der Waals surface area contributed by atoms with Crippen molar-refractivity contribution in [1.82, 2.24) is 5.32 Å². The predicted molar refractivity (Wildman–Crippen MR) is 88.1 cm³/mol. The Labute approximate surface area is 132 Å². The first kappa shape index (κ1) is 16.4. The summed E-state index contributed by atoms with van der Waals surface area (Å²) in [5, 5.41) is 3.11. The van der Waals surface area contributed by atoms with Gasteiger partial charge in [-0.25, -0.2) is 0 Å². The molecule has 22 heavy (non-hydrogen) atoms. The molecule has 0 spiro atoms. The van der Waals surface area contributed by atoms with E-state index in [1.807, 2.05) is 12.1 Å². The van der Waals surface area contributed by atoms with E-state index in [1.165, 1.54) is 19.3 Å². The molecule has 1 aliphatic rings. The normalized spacial score (nSPS) is 21.6. The fourth-order valence-electron chi connectivity index (χ4n) is 2.86. The fraction of sp³-hybridized carbons (Fsp3) is 0.500. The van der Waals surface area contributed by atoms with E-state index >= 15 is 0 Å². The maximum Gasteiger partial charge on any atom is 0.244 e. The van der Waals surface area contributed by atoms with Crippen LogP contribution in [-0.4, -0.2) is 26.2 Å². The molecule has 0 aliphatic heterocycles. The highest BCUT2D eigenvalue weighted by atomic mass is 16.5. The van der Waals surface area contributed by atoms with Crippen LogP contribution in [-0.2, 0) is 4.79 Å². The topological polar surface area (TPSA) is 47.6 Å². The Kier molecular flexibility index (Phi) is 5.87. The maximum absolute atomic E-state index is 12.1. The van der Waals surface area contributed by atoms with Crippen molar-refractivity contribution in [2.45, 2.75) is 38.6 Å². The van der Waals surface area contributed by atoms with Crippen molar-refractivity contribution in [3.05, 3.63) is 29.8 Å². The fourth-order valence-corrected chi connectivity index (χ4v) is 2.86. The Hall–Kier alpha value is -1.97. The van der Waals surface area contributed by atoms with Crippen molar-refractivity contribution in [2.75, 3.05) is 14.2 Å². The third-order valence-corrected chi connectivity index (χ3v) is 4.24. The van der Waals surface area contributed by atoms with Gasteiger partial charge in [0.2, 0.25) is 5.91 Å². The Bertz CT molecular complexity index is 517. The smallest absolute Gasteiger partial charge is 0.244 e. The van der Waals surface area contributed by atoms with Gasteiger partial charge >= 0.3 is 0 Å². The molecule has 0 saturated heterocycles. The number of rotatable bonds is 5. The molecule has 1 amide bonds. The number of benzene rings is 1. The number of amides is 1. The van der Waals surface area contributed by atoms with E-state index in [1.54, 1.807) is 32.4 Å². The van der Waals surface area contributed by atoms with Crippen LogP contribution < -0.4 is 14.8 Å². The minimum Gasteiger partial charge on any atom is -0.497 e. The quantitative estimate of drug-likeness (QED) is 0.848. The Balaban J connectivity index is 1.99. The Morgan fingerprint density at radius 1 is 1.14 bits per heavy atom. The van der Waals surface area contributed by atoms with Crippen LogP contribution in [0.1, 0.15) is 38.2 Å². The zero-order chi connectivity index (χ0) is 15.9. The first-order valence-corrected chi connectivity index (χ1v) is 7.84. The van der Waals surface area contributed by atoms with E-state index in [-0.39, 0.29) is 5.91 Å². The van der Waals surface area contributed by atoms with Gasteiger partial charge in [0.25, 0.3) is 0 Å². The molecular formula is C18H25NO3. The number of hydrogen-bond acceptors (Lipinski definition) is 3. The first-order valence-electron chi connectivity index (χ1n) is 7.84. The minimum absolute atomic E-state index is 0.0412. The molecule has 4 nitrogen and oxygen atoms in total. The number of methoxy groups -OCH3 is 2. The van der Waals surface area contributed by atoms with Gasteiger partial charge in [-0.05, 0) is 42.5 Å². The van der Waals surface area contributed by atoms with Gasteiger partial charge in [0.15, 0.2) is 0 Å².